The predicted octanol–water partition coefficient (Wildman–Crippen LogP) is 3.57. The lowest BCUT2D eigenvalue weighted by Gasteiger charge is -2.13. The molecule has 1 atom stereocenters. The van der Waals surface area contributed by atoms with Gasteiger partial charge < -0.3 is 10.1 Å². The highest BCUT2D eigenvalue weighted by Gasteiger charge is 2.05. The topological polar surface area (TPSA) is 34.1 Å². The van der Waals surface area contributed by atoms with Crippen molar-refractivity contribution < 1.29 is 4.74 Å². The molecule has 0 aliphatic heterocycles. The van der Waals surface area contributed by atoms with Gasteiger partial charge in [0.1, 0.15) is 0 Å². The van der Waals surface area contributed by atoms with Crippen LogP contribution in [0.15, 0.2) is 18.3 Å². The molecule has 18 heavy (non-hydrogen) atoms. The molecule has 1 N–H and O–H groups in total. The molecule has 1 aromatic rings. The van der Waals surface area contributed by atoms with Gasteiger partial charge in [-0.1, -0.05) is 26.8 Å². The van der Waals surface area contributed by atoms with E-state index in [-0.39, 0.29) is 0 Å². The maximum absolute atomic E-state index is 5.60. The second kappa shape index (κ2) is 8.09. The molecule has 1 unspecified atom stereocenters. The molecule has 0 saturated heterocycles. The SMILES string of the molecule is CCCNC(C)c1ccc(OCCC(C)C)nc1. The van der Waals surface area contributed by atoms with Crippen molar-refractivity contribution in [2.45, 2.75) is 46.6 Å². The Hall–Kier alpha value is -1.09. The van der Waals surface area contributed by atoms with Crippen LogP contribution in [0, 0.1) is 5.92 Å². The molecule has 0 fully saturated rings. The molecular weight excluding hydrogens is 224 g/mol. The minimum absolute atomic E-state index is 0.349. The van der Waals surface area contributed by atoms with Gasteiger partial charge in [0.15, 0.2) is 0 Å². The van der Waals surface area contributed by atoms with Crippen molar-refractivity contribution in [3.05, 3.63) is 23.9 Å². The number of ether oxygens (including phenoxy) is 1. The lowest BCUT2D eigenvalue weighted by atomic mass is 10.1. The summed E-state index contributed by atoms with van der Waals surface area (Å²) >= 11 is 0. The van der Waals surface area contributed by atoms with Crippen LogP contribution in [-0.2, 0) is 0 Å². The molecule has 1 heterocycles. The molecule has 3 nitrogen and oxygen atoms in total. The van der Waals surface area contributed by atoms with E-state index in [1.165, 1.54) is 5.56 Å². The normalized spacial score (nSPS) is 12.7. The molecule has 0 spiro atoms. The summed E-state index contributed by atoms with van der Waals surface area (Å²) in [6, 6.07) is 4.40. The van der Waals surface area contributed by atoms with E-state index in [4.69, 9.17) is 4.74 Å². The number of nitrogens with zero attached hydrogens (tertiary/aromatic N) is 1. The Morgan fingerprint density at radius 3 is 2.61 bits per heavy atom. The summed E-state index contributed by atoms with van der Waals surface area (Å²) < 4.78 is 5.60. The molecule has 102 valence electrons. The lowest BCUT2D eigenvalue weighted by Crippen LogP contribution is -2.19. The van der Waals surface area contributed by atoms with Crippen molar-refractivity contribution in [2.24, 2.45) is 5.92 Å². The van der Waals surface area contributed by atoms with Crippen LogP contribution in [-0.4, -0.2) is 18.1 Å². The van der Waals surface area contributed by atoms with Gasteiger partial charge in [0.05, 0.1) is 6.61 Å². The van der Waals surface area contributed by atoms with E-state index in [0.29, 0.717) is 12.0 Å². The first kappa shape index (κ1) is 15.0. The maximum atomic E-state index is 5.60. The van der Waals surface area contributed by atoms with Crippen molar-refractivity contribution >= 4 is 0 Å². The van der Waals surface area contributed by atoms with Crippen LogP contribution in [0.25, 0.3) is 0 Å². The van der Waals surface area contributed by atoms with E-state index >= 15 is 0 Å². The maximum Gasteiger partial charge on any atom is 0.213 e. The number of rotatable bonds is 8. The zero-order valence-electron chi connectivity index (χ0n) is 12.1. The molecule has 0 aromatic carbocycles. The summed E-state index contributed by atoms with van der Waals surface area (Å²) in [7, 11) is 0. The van der Waals surface area contributed by atoms with Crippen molar-refractivity contribution in [1.29, 1.82) is 0 Å². The van der Waals surface area contributed by atoms with Crippen LogP contribution in [0.2, 0.25) is 0 Å². The number of aromatic nitrogens is 1. The Kier molecular flexibility index (Phi) is 6.73. The van der Waals surface area contributed by atoms with Crippen molar-refractivity contribution in [3.8, 4) is 5.88 Å². The average molecular weight is 250 g/mol. The fourth-order valence-corrected chi connectivity index (χ4v) is 1.61. The summed E-state index contributed by atoms with van der Waals surface area (Å²) in [6.45, 7) is 10.5. The van der Waals surface area contributed by atoms with E-state index in [1.807, 2.05) is 12.3 Å². The highest BCUT2D eigenvalue weighted by Crippen LogP contribution is 2.15. The van der Waals surface area contributed by atoms with Gasteiger partial charge in [0.2, 0.25) is 5.88 Å². The molecule has 0 radical (unpaired) electrons. The van der Waals surface area contributed by atoms with Crippen LogP contribution >= 0.6 is 0 Å². The molecule has 0 amide bonds. The van der Waals surface area contributed by atoms with E-state index < -0.39 is 0 Å². The van der Waals surface area contributed by atoms with Crippen LogP contribution in [0.1, 0.15) is 52.1 Å². The molecule has 3 heteroatoms. The summed E-state index contributed by atoms with van der Waals surface area (Å²) in [5, 5.41) is 3.45. The standard InChI is InChI=1S/C15H26N2O/c1-5-9-16-13(4)14-6-7-15(17-11-14)18-10-8-12(2)3/h6-7,11-13,16H,5,8-10H2,1-4H3. The fourth-order valence-electron chi connectivity index (χ4n) is 1.61. The Morgan fingerprint density at radius 2 is 2.06 bits per heavy atom. The Labute approximate surface area is 111 Å². The molecule has 1 aromatic heterocycles. The number of hydrogen-bond acceptors (Lipinski definition) is 3. The van der Waals surface area contributed by atoms with Crippen LogP contribution in [0.3, 0.4) is 0 Å². The minimum atomic E-state index is 0.349. The molecule has 0 bridgehead atoms. The van der Waals surface area contributed by atoms with Crippen LogP contribution in [0.4, 0.5) is 0 Å². The first-order valence-electron chi connectivity index (χ1n) is 6.95. The lowest BCUT2D eigenvalue weighted by molar-refractivity contribution is 0.279. The third kappa shape index (κ3) is 5.50. The Morgan fingerprint density at radius 1 is 1.28 bits per heavy atom. The van der Waals surface area contributed by atoms with E-state index in [9.17, 15) is 0 Å². The first-order valence-corrected chi connectivity index (χ1v) is 6.95. The average Bonchev–Trinajstić information content (AvgIpc) is 2.36. The van der Waals surface area contributed by atoms with Crippen LogP contribution < -0.4 is 10.1 Å². The number of pyridine rings is 1. The summed E-state index contributed by atoms with van der Waals surface area (Å²) in [5.41, 5.74) is 1.21. The highest BCUT2D eigenvalue weighted by atomic mass is 16.5. The quantitative estimate of drug-likeness (QED) is 0.766. The van der Waals surface area contributed by atoms with Gasteiger partial charge in [-0.15, -0.1) is 0 Å². The third-order valence-corrected chi connectivity index (χ3v) is 2.90. The smallest absolute Gasteiger partial charge is 0.213 e. The van der Waals surface area contributed by atoms with Crippen molar-refractivity contribution in [3.63, 3.8) is 0 Å². The Bertz CT molecular complexity index is 322. The van der Waals surface area contributed by atoms with E-state index in [1.54, 1.807) is 0 Å². The van der Waals surface area contributed by atoms with Gasteiger partial charge in [-0.25, -0.2) is 4.98 Å². The van der Waals surface area contributed by atoms with Gasteiger partial charge >= 0.3 is 0 Å². The predicted molar refractivity (Wildman–Crippen MR) is 75.9 cm³/mol. The third-order valence-electron chi connectivity index (χ3n) is 2.90. The van der Waals surface area contributed by atoms with Crippen LogP contribution in [0.5, 0.6) is 5.88 Å². The van der Waals surface area contributed by atoms with Gasteiger partial charge in [-0.05, 0) is 37.8 Å². The highest BCUT2D eigenvalue weighted by molar-refractivity contribution is 5.20. The van der Waals surface area contributed by atoms with E-state index in [2.05, 4.69) is 44.1 Å². The van der Waals surface area contributed by atoms with Crippen molar-refractivity contribution in [1.82, 2.24) is 10.3 Å². The monoisotopic (exact) mass is 250 g/mol. The summed E-state index contributed by atoms with van der Waals surface area (Å²) in [4.78, 5) is 4.34. The molecule has 0 saturated carbocycles. The van der Waals surface area contributed by atoms with Gasteiger partial charge in [-0.2, -0.15) is 0 Å². The number of hydrogen-bond donors (Lipinski definition) is 1. The van der Waals surface area contributed by atoms with Gasteiger partial charge in [0.25, 0.3) is 0 Å². The largest absolute Gasteiger partial charge is 0.478 e. The second-order valence-corrected chi connectivity index (χ2v) is 5.14. The molecular formula is C15H26N2O. The molecule has 1 rings (SSSR count). The van der Waals surface area contributed by atoms with E-state index in [0.717, 1.165) is 31.9 Å². The first-order chi connectivity index (χ1) is 8.63. The zero-order chi connectivity index (χ0) is 13.4. The minimum Gasteiger partial charge on any atom is -0.478 e. The molecule has 0 aliphatic carbocycles. The fraction of sp³-hybridized carbons (Fsp3) is 0.667. The second-order valence-electron chi connectivity index (χ2n) is 5.14. The summed E-state index contributed by atoms with van der Waals surface area (Å²) in [5.74, 6) is 1.39. The van der Waals surface area contributed by atoms with Gasteiger partial charge in [-0.3, -0.25) is 0 Å². The Balaban J connectivity index is 2.41. The number of nitrogens with one attached hydrogen (secondary N) is 1. The van der Waals surface area contributed by atoms with Crippen molar-refractivity contribution in [2.75, 3.05) is 13.2 Å². The summed E-state index contributed by atoms with van der Waals surface area (Å²) in [6.07, 6.45) is 4.12. The van der Waals surface area contributed by atoms with Gasteiger partial charge in [0, 0.05) is 18.3 Å². The molecule has 0 aliphatic rings. The zero-order valence-corrected chi connectivity index (χ0v) is 12.1.